The number of rotatable bonds is 3. The van der Waals surface area contributed by atoms with Gasteiger partial charge in [0.25, 0.3) is 5.69 Å². The Morgan fingerprint density at radius 3 is 2.62 bits per heavy atom. The third-order valence-electron chi connectivity index (χ3n) is 1.90. The SMILES string of the molecule is COC(=O)Cc1ccc(Br)c(Br)c1[N+](=O)[O-]. The number of nitro groups is 1. The Bertz CT molecular complexity index is 447. The van der Waals surface area contributed by atoms with Crippen molar-refractivity contribution in [3.63, 3.8) is 0 Å². The molecule has 0 N–H and O–H groups in total. The summed E-state index contributed by atoms with van der Waals surface area (Å²) in [5.74, 6) is -0.516. The van der Waals surface area contributed by atoms with Crippen molar-refractivity contribution in [3.8, 4) is 0 Å². The molecular weight excluding hydrogens is 346 g/mol. The predicted octanol–water partition coefficient (Wildman–Crippen LogP) is 2.84. The Morgan fingerprint density at radius 1 is 1.50 bits per heavy atom. The number of carbonyl (C=O) groups is 1. The second-order valence-corrected chi connectivity index (χ2v) is 4.53. The average molecular weight is 353 g/mol. The summed E-state index contributed by atoms with van der Waals surface area (Å²) >= 11 is 6.27. The number of esters is 1. The van der Waals surface area contributed by atoms with Crippen LogP contribution < -0.4 is 0 Å². The summed E-state index contributed by atoms with van der Waals surface area (Å²) in [7, 11) is 1.24. The van der Waals surface area contributed by atoms with Gasteiger partial charge in [-0.25, -0.2) is 0 Å². The molecule has 1 rings (SSSR count). The minimum atomic E-state index is -0.535. The van der Waals surface area contributed by atoms with E-state index in [9.17, 15) is 14.9 Å². The first-order valence-corrected chi connectivity index (χ1v) is 5.74. The smallest absolute Gasteiger partial charge is 0.310 e. The number of carbonyl (C=O) groups excluding carboxylic acids is 1. The van der Waals surface area contributed by atoms with Crippen LogP contribution in [0.2, 0.25) is 0 Å². The van der Waals surface area contributed by atoms with E-state index in [0.29, 0.717) is 14.5 Å². The highest BCUT2D eigenvalue weighted by Crippen LogP contribution is 2.35. The standard InChI is InChI=1S/C9H7Br2NO4/c1-16-7(13)4-5-2-3-6(10)8(11)9(5)12(14)15/h2-3H,4H2,1H3. The number of benzene rings is 1. The van der Waals surface area contributed by atoms with Crippen LogP contribution in [0.4, 0.5) is 5.69 Å². The largest absolute Gasteiger partial charge is 0.469 e. The van der Waals surface area contributed by atoms with Gasteiger partial charge >= 0.3 is 5.97 Å². The van der Waals surface area contributed by atoms with Crippen LogP contribution in [-0.2, 0) is 16.0 Å². The average Bonchev–Trinajstić information content (AvgIpc) is 2.23. The fourth-order valence-corrected chi connectivity index (χ4v) is 2.00. The van der Waals surface area contributed by atoms with Crippen molar-refractivity contribution in [2.45, 2.75) is 6.42 Å². The van der Waals surface area contributed by atoms with Gasteiger partial charge < -0.3 is 4.74 Å². The lowest BCUT2D eigenvalue weighted by Gasteiger charge is -2.04. The third-order valence-corrected chi connectivity index (χ3v) is 3.89. The molecule has 0 amide bonds. The quantitative estimate of drug-likeness (QED) is 0.476. The summed E-state index contributed by atoms with van der Waals surface area (Å²) in [5.41, 5.74) is 0.187. The first kappa shape index (κ1) is 13.1. The molecule has 0 radical (unpaired) electrons. The van der Waals surface area contributed by atoms with Crippen molar-refractivity contribution in [3.05, 3.63) is 36.8 Å². The van der Waals surface area contributed by atoms with Gasteiger partial charge in [0.2, 0.25) is 0 Å². The number of halogens is 2. The molecule has 0 aromatic heterocycles. The molecule has 0 saturated carbocycles. The summed E-state index contributed by atoms with van der Waals surface area (Å²) in [6, 6.07) is 3.15. The van der Waals surface area contributed by atoms with Crippen molar-refractivity contribution < 1.29 is 14.5 Å². The minimum Gasteiger partial charge on any atom is -0.469 e. The molecule has 0 saturated heterocycles. The van der Waals surface area contributed by atoms with Gasteiger partial charge in [0, 0.05) is 10.0 Å². The first-order chi connectivity index (χ1) is 7.47. The summed E-state index contributed by atoms with van der Waals surface area (Å²) in [4.78, 5) is 21.4. The molecular formula is C9H7Br2NO4. The Kier molecular flexibility index (Phi) is 4.43. The summed E-state index contributed by atoms with van der Waals surface area (Å²) in [6.07, 6.45) is -0.126. The highest BCUT2D eigenvalue weighted by Gasteiger charge is 2.22. The maximum atomic E-state index is 11.1. The van der Waals surface area contributed by atoms with Gasteiger partial charge in [0.1, 0.15) is 4.47 Å². The summed E-state index contributed by atoms with van der Waals surface area (Å²) in [5, 5.41) is 10.9. The molecule has 7 heteroatoms. The second kappa shape index (κ2) is 5.40. The lowest BCUT2D eigenvalue weighted by atomic mass is 10.1. The van der Waals surface area contributed by atoms with E-state index in [2.05, 4.69) is 36.6 Å². The van der Waals surface area contributed by atoms with E-state index in [1.165, 1.54) is 13.2 Å². The lowest BCUT2D eigenvalue weighted by molar-refractivity contribution is -0.386. The fourth-order valence-electron chi connectivity index (χ4n) is 1.15. The number of ether oxygens (including phenoxy) is 1. The zero-order valence-corrected chi connectivity index (χ0v) is 11.4. The van der Waals surface area contributed by atoms with E-state index in [1.54, 1.807) is 6.07 Å². The van der Waals surface area contributed by atoms with E-state index in [1.807, 2.05) is 0 Å². The highest BCUT2D eigenvalue weighted by molar-refractivity contribution is 9.13. The molecule has 0 aliphatic rings. The van der Waals surface area contributed by atoms with Gasteiger partial charge in [-0.15, -0.1) is 0 Å². The van der Waals surface area contributed by atoms with Crippen molar-refractivity contribution in [1.82, 2.24) is 0 Å². The van der Waals surface area contributed by atoms with Crippen LogP contribution in [0.25, 0.3) is 0 Å². The van der Waals surface area contributed by atoms with Crippen molar-refractivity contribution in [2.24, 2.45) is 0 Å². The van der Waals surface area contributed by atoms with Gasteiger partial charge in [0.15, 0.2) is 0 Å². The monoisotopic (exact) mass is 351 g/mol. The topological polar surface area (TPSA) is 69.4 Å². The Labute approximate surface area is 108 Å². The van der Waals surface area contributed by atoms with Gasteiger partial charge in [-0.05, 0) is 37.9 Å². The van der Waals surface area contributed by atoms with E-state index in [-0.39, 0.29) is 12.1 Å². The summed E-state index contributed by atoms with van der Waals surface area (Å²) < 4.78 is 5.35. The van der Waals surface area contributed by atoms with Crippen LogP contribution in [-0.4, -0.2) is 18.0 Å². The molecule has 0 fully saturated rings. The molecule has 16 heavy (non-hydrogen) atoms. The van der Waals surface area contributed by atoms with E-state index in [0.717, 1.165) is 0 Å². The Hall–Kier alpha value is -0.950. The van der Waals surface area contributed by atoms with Gasteiger partial charge in [-0.3, -0.25) is 14.9 Å². The number of hydrogen-bond acceptors (Lipinski definition) is 4. The van der Waals surface area contributed by atoms with Gasteiger partial charge in [-0.2, -0.15) is 0 Å². The van der Waals surface area contributed by atoms with Gasteiger partial charge in [-0.1, -0.05) is 6.07 Å². The fraction of sp³-hybridized carbons (Fsp3) is 0.222. The zero-order valence-electron chi connectivity index (χ0n) is 8.20. The first-order valence-electron chi connectivity index (χ1n) is 4.15. The number of methoxy groups -OCH3 is 1. The molecule has 0 aliphatic carbocycles. The highest BCUT2D eigenvalue weighted by atomic mass is 79.9. The number of nitrogens with zero attached hydrogens (tertiary/aromatic N) is 1. The van der Waals surface area contributed by atoms with Crippen molar-refractivity contribution in [1.29, 1.82) is 0 Å². The number of hydrogen-bond donors (Lipinski definition) is 0. The molecule has 0 aliphatic heterocycles. The Balaban J connectivity index is 3.23. The molecule has 5 nitrogen and oxygen atoms in total. The molecule has 0 atom stereocenters. The lowest BCUT2D eigenvalue weighted by Crippen LogP contribution is -2.07. The van der Waals surface area contributed by atoms with Crippen LogP contribution >= 0.6 is 31.9 Å². The van der Waals surface area contributed by atoms with E-state index in [4.69, 9.17) is 0 Å². The zero-order chi connectivity index (χ0) is 12.3. The maximum Gasteiger partial charge on any atom is 0.310 e. The van der Waals surface area contributed by atoms with Crippen LogP contribution in [0.15, 0.2) is 21.1 Å². The van der Waals surface area contributed by atoms with Gasteiger partial charge in [0.05, 0.1) is 18.5 Å². The normalized spacial score (nSPS) is 9.94. The molecule has 0 heterocycles. The molecule has 1 aromatic carbocycles. The third kappa shape index (κ3) is 2.79. The van der Waals surface area contributed by atoms with Crippen LogP contribution in [0.5, 0.6) is 0 Å². The van der Waals surface area contributed by atoms with Crippen molar-refractivity contribution in [2.75, 3.05) is 7.11 Å². The molecule has 1 aromatic rings. The molecule has 0 bridgehead atoms. The van der Waals surface area contributed by atoms with Crippen LogP contribution in [0.1, 0.15) is 5.56 Å². The predicted molar refractivity (Wildman–Crippen MR) is 64.2 cm³/mol. The minimum absolute atomic E-state index is 0.125. The van der Waals surface area contributed by atoms with Crippen molar-refractivity contribution >= 4 is 43.5 Å². The molecule has 86 valence electrons. The van der Waals surface area contributed by atoms with E-state index >= 15 is 0 Å². The summed E-state index contributed by atoms with van der Waals surface area (Å²) in [6.45, 7) is 0. The van der Waals surface area contributed by atoms with Crippen LogP contribution in [0, 0.1) is 10.1 Å². The molecule has 0 spiro atoms. The Morgan fingerprint density at radius 2 is 2.12 bits per heavy atom. The number of nitro benzene ring substituents is 1. The second-order valence-electron chi connectivity index (χ2n) is 2.88. The van der Waals surface area contributed by atoms with E-state index < -0.39 is 10.9 Å². The maximum absolute atomic E-state index is 11.1. The van der Waals surface area contributed by atoms with Crippen LogP contribution in [0.3, 0.4) is 0 Å². The molecule has 0 unspecified atom stereocenters.